The Hall–Kier alpha value is -1.42. The molecule has 0 saturated carbocycles. The molecule has 2 aromatic heterocycles. The van der Waals surface area contributed by atoms with Crippen molar-refractivity contribution in [3.63, 3.8) is 0 Å². The zero-order chi connectivity index (χ0) is 11.4. The molecule has 2 rings (SSSR count). The van der Waals surface area contributed by atoms with E-state index in [0.717, 1.165) is 27.8 Å². The van der Waals surface area contributed by atoms with Crippen LogP contribution in [0.25, 0.3) is 11.1 Å². The maximum Gasteiger partial charge on any atom is 0.141 e. The Bertz CT molecular complexity index is 474. The average Bonchev–Trinajstić information content (AvgIpc) is 2.38. The Kier molecular flexibility index (Phi) is 3.51. The number of pyridine rings is 2. The molecule has 16 heavy (non-hydrogen) atoms. The number of nitrogens with zero attached hydrogens (tertiary/aromatic N) is 2. The second-order valence-electron chi connectivity index (χ2n) is 3.24. The minimum atomic E-state index is 0.725. The Morgan fingerprint density at radius 3 is 2.75 bits per heavy atom. The molecule has 3 nitrogen and oxygen atoms in total. The van der Waals surface area contributed by atoms with E-state index in [-0.39, 0.29) is 0 Å². The largest absolute Gasteiger partial charge is 0.495 e. The first-order valence-electron chi connectivity index (χ1n) is 4.84. The number of hydrogen-bond donors (Lipinski definition) is 0. The number of aromatic nitrogens is 2. The van der Waals surface area contributed by atoms with Crippen LogP contribution in [0.2, 0.25) is 0 Å². The molecule has 0 fully saturated rings. The molecule has 2 aromatic rings. The predicted molar refractivity (Wildman–Crippen MR) is 66.7 cm³/mol. The molecule has 0 atom stereocenters. The Morgan fingerprint density at radius 1 is 1.25 bits per heavy atom. The zero-order valence-electron chi connectivity index (χ0n) is 8.85. The molecule has 0 spiro atoms. The topological polar surface area (TPSA) is 35.0 Å². The molecule has 0 aliphatic rings. The van der Waals surface area contributed by atoms with Crippen LogP contribution in [0.1, 0.15) is 5.56 Å². The van der Waals surface area contributed by atoms with Crippen LogP contribution in [-0.4, -0.2) is 17.1 Å². The first-order chi connectivity index (χ1) is 7.86. The summed E-state index contributed by atoms with van der Waals surface area (Å²) in [4.78, 5) is 8.27. The van der Waals surface area contributed by atoms with Gasteiger partial charge in [0.2, 0.25) is 0 Å². The molecular weight excluding hydrogens is 268 g/mol. The van der Waals surface area contributed by atoms with E-state index in [9.17, 15) is 0 Å². The number of hydrogen-bond acceptors (Lipinski definition) is 3. The van der Waals surface area contributed by atoms with E-state index in [1.165, 1.54) is 0 Å². The van der Waals surface area contributed by atoms with Gasteiger partial charge in [-0.25, -0.2) is 0 Å². The van der Waals surface area contributed by atoms with Crippen molar-refractivity contribution in [1.29, 1.82) is 0 Å². The van der Waals surface area contributed by atoms with Gasteiger partial charge in [0.05, 0.1) is 13.3 Å². The first kappa shape index (κ1) is 11.1. The smallest absolute Gasteiger partial charge is 0.141 e. The maximum absolute atomic E-state index is 5.29. The number of alkyl halides is 1. The van der Waals surface area contributed by atoms with Gasteiger partial charge in [0.15, 0.2) is 0 Å². The summed E-state index contributed by atoms with van der Waals surface area (Å²) in [6.07, 6.45) is 7.13. The van der Waals surface area contributed by atoms with Crippen molar-refractivity contribution in [1.82, 2.24) is 9.97 Å². The molecule has 0 amide bonds. The van der Waals surface area contributed by atoms with Gasteiger partial charge in [-0.1, -0.05) is 22.0 Å². The molecule has 0 radical (unpaired) electrons. The van der Waals surface area contributed by atoms with Gasteiger partial charge in [0.1, 0.15) is 5.75 Å². The van der Waals surface area contributed by atoms with Crippen LogP contribution in [-0.2, 0) is 5.33 Å². The molecule has 82 valence electrons. The van der Waals surface area contributed by atoms with Crippen LogP contribution in [0.15, 0.2) is 36.9 Å². The maximum atomic E-state index is 5.29. The lowest BCUT2D eigenvalue weighted by atomic mass is 10.0. The van der Waals surface area contributed by atoms with Gasteiger partial charge < -0.3 is 4.74 Å². The van der Waals surface area contributed by atoms with Gasteiger partial charge in [-0.05, 0) is 6.07 Å². The van der Waals surface area contributed by atoms with E-state index in [4.69, 9.17) is 4.74 Å². The Balaban J connectivity index is 2.57. The summed E-state index contributed by atoms with van der Waals surface area (Å²) in [5.74, 6) is 0.790. The van der Waals surface area contributed by atoms with E-state index < -0.39 is 0 Å². The monoisotopic (exact) mass is 278 g/mol. The van der Waals surface area contributed by atoms with Gasteiger partial charge in [0, 0.05) is 40.6 Å². The molecule has 4 heteroatoms. The third kappa shape index (κ3) is 2.07. The molecule has 0 unspecified atom stereocenters. The normalized spacial score (nSPS) is 10.1. The van der Waals surface area contributed by atoms with Crippen molar-refractivity contribution in [2.24, 2.45) is 0 Å². The van der Waals surface area contributed by atoms with E-state index in [0.29, 0.717) is 0 Å². The van der Waals surface area contributed by atoms with Crippen LogP contribution in [0.4, 0.5) is 0 Å². The average molecular weight is 279 g/mol. The number of rotatable bonds is 3. The fourth-order valence-corrected chi connectivity index (χ4v) is 2.13. The van der Waals surface area contributed by atoms with Crippen molar-refractivity contribution in [2.75, 3.05) is 7.11 Å². The lowest BCUT2D eigenvalue weighted by Crippen LogP contribution is -1.94. The SMILES string of the molecule is COc1cncc(-c2cccnc2)c1CBr. The molecule has 0 aliphatic heterocycles. The highest BCUT2D eigenvalue weighted by molar-refractivity contribution is 9.08. The summed E-state index contributed by atoms with van der Waals surface area (Å²) in [7, 11) is 1.65. The summed E-state index contributed by atoms with van der Waals surface area (Å²) in [6.45, 7) is 0. The van der Waals surface area contributed by atoms with Gasteiger partial charge in [-0.3, -0.25) is 9.97 Å². The number of methoxy groups -OCH3 is 1. The highest BCUT2D eigenvalue weighted by Crippen LogP contribution is 2.30. The van der Waals surface area contributed by atoms with Crippen LogP contribution in [0.3, 0.4) is 0 Å². The van der Waals surface area contributed by atoms with Crippen LogP contribution >= 0.6 is 15.9 Å². The Morgan fingerprint density at radius 2 is 2.12 bits per heavy atom. The zero-order valence-corrected chi connectivity index (χ0v) is 10.4. The fourth-order valence-electron chi connectivity index (χ4n) is 1.55. The lowest BCUT2D eigenvalue weighted by molar-refractivity contribution is 0.410. The summed E-state index contributed by atoms with van der Waals surface area (Å²) >= 11 is 3.47. The van der Waals surface area contributed by atoms with Gasteiger partial charge >= 0.3 is 0 Å². The third-order valence-electron chi connectivity index (χ3n) is 2.34. The van der Waals surface area contributed by atoms with E-state index in [1.807, 2.05) is 24.5 Å². The molecule has 0 aliphatic carbocycles. The van der Waals surface area contributed by atoms with Gasteiger partial charge in [0.25, 0.3) is 0 Å². The van der Waals surface area contributed by atoms with Crippen molar-refractivity contribution in [3.8, 4) is 16.9 Å². The van der Waals surface area contributed by atoms with E-state index in [1.54, 1.807) is 19.5 Å². The van der Waals surface area contributed by atoms with Crippen molar-refractivity contribution in [3.05, 3.63) is 42.5 Å². The summed E-state index contributed by atoms with van der Waals surface area (Å²) < 4.78 is 5.29. The van der Waals surface area contributed by atoms with Gasteiger partial charge in [-0.2, -0.15) is 0 Å². The molecular formula is C12H11BrN2O. The highest BCUT2D eigenvalue weighted by Gasteiger charge is 2.10. The first-order valence-corrected chi connectivity index (χ1v) is 5.96. The molecule has 0 aromatic carbocycles. The second-order valence-corrected chi connectivity index (χ2v) is 3.80. The summed E-state index contributed by atoms with van der Waals surface area (Å²) in [5, 5.41) is 0.725. The predicted octanol–water partition coefficient (Wildman–Crippen LogP) is 3.05. The molecule has 2 heterocycles. The minimum absolute atomic E-state index is 0.725. The van der Waals surface area contributed by atoms with Crippen LogP contribution in [0.5, 0.6) is 5.75 Å². The standard InChI is InChI=1S/C12H11BrN2O/c1-16-12-8-15-7-11(10(12)5-13)9-3-2-4-14-6-9/h2-4,6-8H,5H2,1H3. The summed E-state index contributed by atoms with van der Waals surface area (Å²) in [6, 6.07) is 3.92. The highest BCUT2D eigenvalue weighted by atomic mass is 79.9. The summed E-state index contributed by atoms with van der Waals surface area (Å²) in [5.41, 5.74) is 3.18. The second kappa shape index (κ2) is 5.07. The number of halogens is 1. The minimum Gasteiger partial charge on any atom is -0.495 e. The molecule has 0 saturated heterocycles. The Labute approximate surface area is 103 Å². The van der Waals surface area contributed by atoms with Crippen LogP contribution < -0.4 is 4.74 Å². The van der Waals surface area contributed by atoms with Crippen LogP contribution in [0, 0.1) is 0 Å². The quantitative estimate of drug-likeness (QED) is 0.810. The van der Waals surface area contributed by atoms with E-state index in [2.05, 4.69) is 25.9 Å². The van der Waals surface area contributed by atoms with Gasteiger partial charge in [-0.15, -0.1) is 0 Å². The fraction of sp³-hybridized carbons (Fsp3) is 0.167. The third-order valence-corrected chi connectivity index (χ3v) is 2.90. The number of ether oxygens (including phenoxy) is 1. The van der Waals surface area contributed by atoms with Crippen molar-refractivity contribution < 1.29 is 4.74 Å². The van der Waals surface area contributed by atoms with E-state index >= 15 is 0 Å². The molecule has 0 N–H and O–H groups in total. The van der Waals surface area contributed by atoms with Crippen molar-refractivity contribution in [2.45, 2.75) is 5.33 Å². The van der Waals surface area contributed by atoms with Crippen molar-refractivity contribution >= 4 is 15.9 Å². The molecule has 0 bridgehead atoms. The lowest BCUT2D eigenvalue weighted by Gasteiger charge is -2.10.